The summed E-state index contributed by atoms with van der Waals surface area (Å²) in [5, 5.41) is 10.3. The summed E-state index contributed by atoms with van der Waals surface area (Å²) in [4.78, 5) is 0.996. The molecule has 1 heterocycles. The normalized spacial score (nSPS) is 13.5. The third-order valence-corrected chi connectivity index (χ3v) is 3.37. The smallest absolute Gasteiger partial charge is 0.0909 e. The minimum atomic E-state index is -0.253. The van der Waals surface area contributed by atoms with E-state index in [1.54, 1.807) is 11.3 Å². The topological polar surface area (TPSA) is 20.2 Å². The Morgan fingerprint density at radius 1 is 1.80 bits per heavy atom. The van der Waals surface area contributed by atoms with Crippen LogP contribution in [0.2, 0.25) is 0 Å². The second-order valence-corrected chi connectivity index (χ2v) is 4.20. The molecule has 0 aliphatic carbocycles. The molecular formula is C6H6BrClOS. The van der Waals surface area contributed by atoms with Crippen molar-refractivity contribution in [2.45, 2.75) is 5.38 Å². The van der Waals surface area contributed by atoms with Crippen molar-refractivity contribution >= 4 is 38.9 Å². The largest absolute Gasteiger partial charge is 0.394 e. The minimum absolute atomic E-state index is 0.00545. The summed E-state index contributed by atoms with van der Waals surface area (Å²) in [6.07, 6.45) is 0. The van der Waals surface area contributed by atoms with Crippen LogP contribution in [0.25, 0.3) is 0 Å². The van der Waals surface area contributed by atoms with Crippen molar-refractivity contribution in [2.24, 2.45) is 0 Å². The Balaban J connectivity index is 2.74. The van der Waals surface area contributed by atoms with Crippen LogP contribution in [0.3, 0.4) is 0 Å². The van der Waals surface area contributed by atoms with Gasteiger partial charge < -0.3 is 5.11 Å². The molecule has 0 saturated heterocycles. The van der Waals surface area contributed by atoms with Crippen molar-refractivity contribution in [2.75, 3.05) is 6.61 Å². The number of halogens is 2. The highest BCUT2D eigenvalue weighted by atomic mass is 79.9. The predicted molar refractivity (Wildman–Crippen MR) is 47.7 cm³/mol. The lowest BCUT2D eigenvalue weighted by molar-refractivity contribution is 0.295. The summed E-state index contributed by atoms with van der Waals surface area (Å²) in [6, 6.07) is 1.92. The highest BCUT2D eigenvalue weighted by molar-refractivity contribution is 9.10. The van der Waals surface area contributed by atoms with Gasteiger partial charge in [-0.25, -0.2) is 0 Å². The van der Waals surface area contributed by atoms with Gasteiger partial charge in [0, 0.05) is 14.7 Å². The van der Waals surface area contributed by atoms with Crippen LogP contribution in [-0.4, -0.2) is 11.7 Å². The van der Waals surface area contributed by atoms with E-state index in [0.717, 1.165) is 9.35 Å². The molecule has 0 bridgehead atoms. The number of aliphatic hydroxyl groups excluding tert-OH is 1. The fraction of sp³-hybridized carbons (Fsp3) is 0.333. The Labute approximate surface area is 76.8 Å². The lowest BCUT2D eigenvalue weighted by Crippen LogP contribution is -1.91. The van der Waals surface area contributed by atoms with E-state index in [9.17, 15) is 0 Å². The van der Waals surface area contributed by atoms with Gasteiger partial charge in [0.05, 0.1) is 12.0 Å². The molecule has 4 heteroatoms. The van der Waals surface area contributed by atoms with Crippen LogP contribution in [0.5, 0.6) is 0 Å². The van der Waals surface area contributed by atoms with E-state index >= 15 is 0 Å². The van der Waals surface area contributed by atoms with Crippen LogP contribution in [0.1, 0.15) is 10.3 Å². The highest BCUT2D eigenvalue weighted by Crippen LogP contribution is 2.28. The lowest BCUT2D eigenvalue weighted by Gasteiger charge is -1.98. The Morgan fingerprint density at radius 3 is 2.90 bits per heavy atom. The Kier molecular flexibility index (Phi) is 3.17. The van der Waals surface area contributed by atoms with Crippen LogP contribution < -0.4 is 0 Å². The van der Waals surface area contributed by atoms with Gasteiger partial charge in [0.25, 0.3) is 0 Å². The molecule has 1 aromatic heterocycles. The molecule has 0 spiro atoms. The van der Waals surface area contributed by atoms with Crippen LogP contribution in [0, 0.1) is 0 Å². The van der Waals surface area contributed by atoms with Gasteiger partial charge in [0.2, 0.25) is 0 Å². The number of aliphatic hydroxyl groups is 1. The molecule has 56 valence electrons. The maximum Gasteiger partial charge on any atom is 0.0909 e. The Morgan fingerprint density at radius 2 is 2.50 bits per heavy atom. The summed E-state index contributed by atoms with van der Waals surface area (Å²) < 4.78 is 1.02. The number of hydrogen-bond donors (Lipinski definition) is 1. The molecule has 0 radical (unpaired) electrons. The van der Waals surface area contributed by atoms with Gasteiger partial charge in [0.1, 0.15) is 0 Å². The van der Waals surface area contributed by atoms with Gasteiger partial charge in [-0.15, -0.1) is 22.9 Å². The fourth-order valence-corrected chi connectivity index (χ4v) is 2.21. The summed E-state index contributed by atoms with van der Waals surface area (Å²) in [5.41, 5.74) is 0. The summed E-state index contributed by atoms with van der Waals surface area (Å²) in [5.74, 6) is 0. The fourth-order valence-electron chi connectivity index (χ4n) is 0.583. The molecule has 0 aromatic carbocycles. The van der Waals surface area contributed by atoms with E-state index in [0.29, 0.717) is 0 Å². The standard InChI is InChI=1S/C6H6BrClOS/c7-4-1-6(10-3-4)5(8)2-9/h1,3,5,9H,2H2/t5-/m1/s1. The quantitative estimate of drug-likeness (QED) is 0.790. The number of alkyl halides is 1. The Hall–Kier alpha value is 0.430. The van der Waals surface area contributed by atoms with E-state index in [1.807, 2.05) is 11.4 Å². The molecule has 0 saturated carbocycles. The molecule has 0 aliphatic heterocycles. The van der Waals surface area contributed by atoms with Gasteiger partial charge in [-0.05, 0) is 22.0 Å². The molecule has 1 aromatic rings. The second kappa shape index (κ2) is 3.72. The number of rotatable bonds is 2. The molecule has 1 rings (SSSR count). The Bertz CT molecular complexity index is 213. The van der Waals surface area contributed by atoms with Crippen LogP contribution in [-0.2, 0) is 0 Å². The van der Waals surface area contributed by atoms with E-state index in [4.69, 9.17) is 16.7 Å². The highest BCUT2D eigenvalue weighted by Gasteiger charge is 2.07. The zero-order chi connectivity index (χ0) is 7.56. The SMILES string of the molecule is OC[C@@H](Cl)c1cc(Br)cs1. The third kappa shape index (κ3) is 1.95. The number of hydrogen-bond acceptors (Lipinski definition) is 2. The lowest BCUT2D eigenvalue weighted by atomic mass is 10.3. The monoisotopic (exact) mass is 240 g/mol. The van der Waals surface area contributed by atoms with E-state index in [-0.39, 0.29) is 12.0 Å². The van der Waals surface area contributed by atoms with E-state index in [2.05, 4.69) is 15.9 Å². The van der Waals surface area contributed by atoms with Gasteiger partial charge in [-0.3, -0.25) is 0 Å². The molecule has 1 nitrogen and oxygen atoms in total. The average Bonchev–Trinajstić information content (AvgIpc) is 2.34. The zero-order valence-electron chi connectivity index (χ0n) is 5.05. The summed E-state index contributed by atoms with van der Waals surface area (Å²) in [6.45, 7) is -0.00545. The van der Waals surface area contributed by atoms with E-state index < -0.39 is 0 Å². The first kappa shape index (κ1) is 8.53. The van der Waals surface area contributed by atoms with Crippen molar-refractivity contribution in [1.82, 2.24) is 0 Å². The van der Waals surface area contributed by atoms with Crippen LogP contribution >= 0.6 is 38.9 Å². The van der Waals surface area contributed by atoms with Crippen molar-refractivity contribution in [1.29, 1.82) is 0 Å². The molecular weight excluding hydrogens is 235 g/mol. The van der Waals surface area contributed by atoms with Gasteiger partial charge in [0.15, 0.2) is 0 Å². The van der Waals surface area contributed by atoms with E-state index in [1.165, 1.54) is 0 Å². The molecule has 0 aliphatic rings. The first-order valence-corrected chi connectivity index (χ1v) is 4.84. The molecule has 0 unspecified atom stereocenters. The maximum atomic E-state index is 8.66. The summed E-state index contributed by atoms with van der Waals surface area (Å²) in [7, 11) is 0. The van der Waals surface area contributed by atoms with Crippen molar-refractivity contribution in [3.05, 3.63) is 20.8 Å². The van der Waals surface area contributed by atoms with Gasteiger partial charge >= 0.3 is 0 Å². The van der Waals surface area contributed by atoms with Crippen molar-refractivity contribution < 1.29 is 5.11 Å². The first-order valence-electron chi connectivity index (χ1n) is 2.73. The average molecular weight is 242 g/mol. The van der Waals surface area contributed by atoms with Gasteiger partial charge in [-0.1, -0.05) is 0 Å². The molecule has 0 amide bonds. The predicted octanol–water partition coefficient (Wildman–Crippen LogP) is 2.78. The summed E-state index contributed by atoms with van der Waals surface area (Å²) >= 11 is 10.6. The van der Waals surface area contributed by atoms with Crippen LogP contribution in [0.15, 0.2) is 15.9 Å². The zero-order valence-corrected chi connectivity index (χ0v) is 8.21. The third-order valence-electron chi connectivity index (χ3n) is 1.06. The molecule has 0 fully saturated rings. The molecule has 1 N–H and O–H groups in total. The number of thiophene rings is 1. The van der Waals surface area contributed by atoms with Crippen molar-refractivity contribution in [3.63, 3.8) is 0 Å². The minimum Gasteiger partial charge on any atom is -0.394 e. The van der Waals surface area contributed by atoms with Crippen molar-refractivity contribution in [3.8, 4) is 0 Å². The van der Waals surface area contributed by atoms with Gasteiger partial charge in [-0.2, -0.15) is 0 Å². The first-order chi connectivity index (χ1) is 4.74. The van der Waals surface area contributed by atoms with Crippen LogP contribution in [0.4, 0.5) is 0 Å². The molecule has 10 heavy (non-hydrogen) atoms. The second-order valence-electron chi connectivity index (χ2n) is 1.82. The maximum absolute atomic E-state index is 8.66. The molecule has 1 atom stereocenters.